The van der Waals surface area contributed by atoms with E-state index in [1.54, 1.807) is 6.08 Å². The first-order valence-electron chi connectivity index (χ1n) is 9.64. The molecule has 5 heteroatoms. The maximum absolute atomic E-state index is 13.4. The minimum atomic E-state index is -1.96. The van der Waals surface area contributed by atoms with E-state index in [1.165, 1.54) is 0 Å². The van der Waals surface area contributed by atoms with Gasteiger partial charge < -0.3 is 14.9 Å². The molecule has 7 atom stereocenters. The van der Waals surface area contributed by atoms with Crippen molar-refractivity contribution in [1.29, 1.82) is 0 Å². The van der Waals surface area contributed by atoms with E-state index in [1.807, 2.05) is 19.9 Å². The molecule has 26 heavy (non-hydrogen) atoms. The Morgan fingerprint density at radius 3 is 2.73 bits per heavy atom. The van der Waals surface area contributed by atoms with Crippen molar-refractivity contribution in [1.82, 2.24) is 0 Å². The number of carbonyl (C=O) groups is 2. The van der Waals surface area contributed by atoms with Gasteiger partial charge in [0.05, 0.1) is 12.0 Å². The number of aliphatic hydroxyl groups excluding tert-OH is 1. The van der Waals surface area contributed by atoms with E-state index in [9.17, 15) is 19.8 Å². The predicted molar refractivity (Wildman–Crippen MR) is 92.8 cm³/mol. The number of fused-ring (bicyclic) bond motifs is 3. The zero-order valence-corrected chi connectivity index (χ0v) is 15.3. The first-order chi connectivity index (χ1) is 12.1. The highest BCUT2D eigenvalue weighted by Crippen LogP contribution is 2.74. The molecule has 2 heterocycles. The van der Waals surface area contributed by atoms with Crippen LogP contribution in [0.5, 0.6) is 0 Å². The SMILES string of the molecule is C=C1C(=O)[C@]23C[C@H]1CC[C@H]2[C@@]12CCO[C@@]3(O)[C@@H](O)[C@@H]1C(C)(C)C=CC2=O. The Morgan fingerprint density at radius 1 is 1.27 bits per heavy atom. The Balaban J connectivity index is 1.85. The molecule has 6 rings (SSSR count). The van der Waals surface area contributed by atoms with Crippen LogP contribution in [0.3, 0.4) is 0 Å². The van der Waals surface area contributed by atoms with Crippen LogP contribution in [0.25, 0.3) is 0 Å². The topological polar surface area (TPSA) is 83.8 Å². The number of Topliss-reactive ketones (excluding diaryl/α,β-unsaturated/α-hetero) is 1. The van der Waals surface area contributed by atoms with Crippen LogP contribution in [0, 0.1) is 34.0 Å². The van der Waals surface area contributed by atoms with Gasteiger partial charge in [-0.25, -0.2) is 0 Å². The van der Waals surface area contributed by atoms with Gasteiger partial charge in [0, 0.05) is 11.3 Å². The Morgan fingerprint density at radius 2 is 2.00 bits per heavy atom. The van der Waals surface area contributed by atoms with Crippen LogP contribution in [0.4, 0.5) is 0 Å². The largest absolute Gasteiger partial charge is 0.387 e. The molecule has 0 unspecified atom stereocenters. The molecule has 140 valence electrons. The molecule has 6 aliphatic rings. The van der Waals surface area contributed by atoms with Gasteiger partial charge in [-0.05, 0) is 54.6 Å². The standard InChI is InChI=1S/C21H26O5/c1-11-12-4-5-13-19-8-9-26-21(25,20(13,10-12)16(11)23)17(24)15(19)18(2,3)7-6-14(19)22/h6-7,12-13,15,17,24-25H,1,4-5,8-10H2,2-3H3/t12-,13+,15-,17+,19-,20+,21+/m1/s1. The number of carbonyl (C=O) groups excluding carboxylic acids is 2. The van der Waals surface area contributed by atoms with Crippen molar-refractivity contribution >= 4 is 11.6 Å². The molecule has 0 aromatic rings. The minimum Gasteiger partial charge on any atom is -0.387 e. The van der Waals surface area contributed by atoms with Crippen LogP contribution in [-0.2, 0) is 14.3 Å². The Labute approximate surface area is 153 Å². The van der Waals surface area contributed by atoms with Gasteiger partial charge in [0.25, 0.3) is 0 Å². The van der Waals surface area contributed by atoms with Gasteiger partial charge in [0.15, 0.2) is 11.6 Å². The molecule has 2 spiro atoms. The summed E-state index contributed by atoms with van der Waals surface area (Å²) in [6.45, 7) is 8.13. The fraction of sp³-hybridized carbons (Fsp3) is 0.714. The fourth-order valence-corrected chi connectivity index (χ4v) is 7.50. The highest BCUT2D eigenvalue weighted by Gasteiger charge is 2.82. The van der Waals surface area contributed by atoms with E-state index < -0.39 is 34.1 Å². The van der Waals surface area contributed by atoms with Crippen LogP contribution in [-0.4, -0.2) is 40.3 Å². The summed E-state index contributed by atoms with van der Waals surface area (Å²) in [6, 6.07) is 0. The molecule has 4 aliphatic carbocycles. The molecule has 5 fully saturated rings. The number of ketones is 2. The maximum Gasteiger partial charge on any atom is 0.205 e. The number of rotatable bonds is 0. The van der Waals surface area contributed by atoms with Gasteiger partial charge in [-0.3, -0.25) is 9.59 Å². The monoisotopic (exact) mass is 358 g/mol. The molecule has 0 aromatic heterocycles. The summed E-state index contributed by atoms with van der Waals surface area (Å²) in [5.74, 6) is -2.98. The smallest absolute Gasteiger partial charge is 0.205 e. The van der Waals surface area contributed by atoms with E-state index in [4.69, 9.17) is 4.74 Å². The normalized spacial score (nSPS) is 54.1. The van der Waals surface area contributed by atoms with Gasteiger partial charge in [-0.1, -0.05) is 26.5 Å². The lowest BCUT2D eigenvalue weighted by atomic mass is 9.38. The number of hydrogen-bond donors (Lipinski definition) is 2. The number of hydrogen-bond acceptors (Lipinski definition) is 5. The van der Waals surface area contributed by atoms with E-state index in [0.717, 1.165) is 6.42 Å². The molecule has 3 saturated carbocycles. The first-order valence-corrected chi connectivity index (χ1v) is 9.64. The summed E-state index contributed by atoms with van der Waals surface area (Å²) >= 11 is 0. The van der Waals surface area contributed by atoms with Crippen molar-refractivity contribution < 1.29 is 24.5 Å². The van der Waals surface area contributed by atoms with Gasteiger partial charge in [0.1, 0.15) is 6.10 Å². The molecule has 0 aromatic carbocycles. The van der Waals surface area contributed by atoms with Crippen molar-refractivity contribution in [3.05, 3.63) is 24.3 Å². The maximum atomic E-state index is 13.4. The van der Waals surface area contributed by atoms with E-state index >= 15 is 0 Å². The quantitative estimate of drug-likeness (QED) is 0.645. The highest BCUT2D eigenvalue weighted by molar-refractivity contribution is 6.06. The number of aliphatic hydroxyl groups is 2. The second-order valence-electron chi connectivity index (χ2n) is 9.63. The Bertz CT molecular complexity index is 781. The summed E-state index contributed by atoms with van der Waals surface area (Å²) in [4.78, 5) is 26.7. The lowest BCUT2D eigenvalue weighted by molar-refractivity contribution is -0.352. The number of ether oxygens (including phenoxy) is 1. The second kappa shape index (κ2) is 4.57. The summed E-state index contributed by atoms with van der Waals surface area (Å²) < 4.78 is 5.89. The van der Waals surface area contributed by atoms with E-state index in [0.29, 0.717) is 24.8 Å². The number of allylic oxidation sites excluding steroid dienone is 3. The third kappa shape index (κ3) is 1.46. The summed E-state index contributed by atoms with van der Waals surface area (Å²) in [6.07, 6.45) is 4.52. The third-order valence-electron chi connectivity index (χ3n) is 8.45. The molecular formula is C21H26O5. The molecule has 5 nitrogen and oxygen atoms in total. The first kappa shape index (κ1) is 16.8. The molecule has 2 saturated heterocycles. The molecule has 2 aliphatic heterocycles. The fourth-order valence-electron chi connectivity index (χ4n) is 7.50. The average Bonchev–Trinajstić information content (AvgIpc) is 2.71. The third-order valence-corrected chi connectivity index (χ3v) is 8.45. The minimum absolute atomic E-state index is 0.00928. The molecule has 0 radical (unpaired) electrons. The zero-order valence-electron chi connectivity index (χ0n) is 15.3. The van der Waals surface area contributed by atoms with Crippen molar-refractivity contribution in [3.8, 4) is 0 Å². The molecule has 0 amide bonds. The predicted octanol–water partition coefficient (Wildman–Crippen LogP) is 1.78. The van der Waals surface area contributed by atoms with Gasteiger partial charge >= 0.3 is 0 Å². The molecule has 2 N–H and O–H groups in total. The van der Waals surface area contributed by atoms with Crippen molar-refractivity contribution in [2.24, 2.45) is 34.0 Å². The second-order valence-corrected chi connectivity index (χ2v) is 9.63. The van der Waals surface area contributed by atoms with Crippen LogP contribution in [0.1, 0.15) is 39.5 Å². The van der Waals surface area contributed by atoms with Gasteiger partial charge in [-0.2, -0.15) is 0 Å². The lowest BCUT2D eigenvalue weighted by Crippen LogP contribution is -2.75. The lowest BCUT2D eigenvalue weighted by Gasteiger charge is -2.65. The van der Waals surface area contributed by atoms with Crippen molar-refractivity contribution in [2.45, 2.75) is 51.4 Å². The van der Waals surface area contributed by atoms with Crippen molar-refractivity contribution in [2.75, 3.05) is 6.61 Å². The average molecular weight is 358 g/mol. The molecular weight excluding hydrogens is 332 g/mol. The van der Waals surface area contributed by atoms with Gasteiger partial charge in [0.2, 0.25) is 5.79 Å². The van der Waals surface area contributed by atoms with Crippen LogP contribution in [0.15, 0.2) is 24.3 Å². The Hall–Kier alpha value is -1.30. The summed E-state index contributed by atoms with van der Waals surface area (Å²) in [7, 11) is 0. The van der Waals surface area contributed by atoms with Crippen LogP contribution >= 0.6 is 0 Å². The van der Waals surface area contributed by atoms with Crippen LogP contribution in [0.2, 0.25) is 0 Å². The summed E-state index contributed by atoms with van der Waals surface area (Å²) in [5.41, 5.74) is -2.08. The van der Waals surface area contributed by atoms with Gasteiger partial charge in [-0.15, -0.1) is 0 Å². The van der Waals surface area contributed by atoms with E-state index in [2.05, 4.69) is 6.58 Å². The van der Waals surface area contributed by atoms with E-state index in [-0.39, 0.29) is 30.0 Å². The molecule has 4 bridgehead atoms. The summed E-state index contributed by atoms with van der Waals surface area (Å²) in [5, 5.41) is 23.1. The Kier molecular flexibility index (Phi) is 2.96. The zero-order chi connectivity index (χ0) is 18.7. The van der Waals surface area contributed by atoms with Crippen LogP contribution < -0.4 is 0 Å². The van der Waals surface area contributed by atoms with Crippen molar-refractivity contribution in [3.63, 3.8) is 0 Å². The highest BCUT2D eigenvalue weighted by atomic mass is 16.6.